The quantitative estimate of drug-likeness (QED) is 0.910. The van der Waals surface area contributed by atoms with E-state index in [4.69, 9.17) is 5.73 Å². The molecule has 80 valence electrons. The third kappa shape index (κ3) is 1.79. The highest BCUT2D eigenvalue weighted by Gasteiger charge is 2.11. The normalized spacial score (nSPS) is 11.5. The molecule has 2 N–H and O–H groups in total. The highest BCUT2D eigenvalue weighted by atomic mass is 79.9. The molecule has 0 amide bonds. The van der Waals surface area contributed by atoms with E-state index in [2.05, 4.69) is 45.4 Å². The second-order valence-corrected chi connectivity index (χ2v) is 4.74. The van der Waals surface area contributed by atoms with E-state index in [-0.39, 0.29) is 0 Å². The zero-order valence-corrected chi connectivity index (χ0v) is 10.5. The summed E-state index contributed by atoms with van der Waals surface area (Å²) in [4.78, 5) is 4.52. The zero-order valence-electron chi connectivity index (χ0n) is 8.87. The Balaban J connectivity index is 2.74. The number of fused-ring (bicyclic) bond motifs is 1. The molecule has 0 saturated heterocycles. The summed E-state index contributed by atoms with van der Waals surface area (Å²) in [6.45, 7) is 4.76. The first kappa shape index (κ1) is 10.6. The summed E-state index contributed by atoms with van der Waals surface area (Å²) in [5.41, 5.74) is 7.84. The topological polar surface area (TPSA) is 43.8 Å². The second-order valence-electron chi connectivity index (χ2n) is 3.83. The summed E-state index contributed by atoms with van der Waals surface area (Å²) < 4.78 is 3.23. The summed E-state index contributed by atoms with van der Waals surface area (Å²) in [6.07, 6.45) is 0. The van der Waals surface area contributed by atoms with Crippen LogP contribution in [0.3, 0.4) is 0 Å². The van der Waals surface area contributed by atoms with Crippen molar-refractivity contribution in [1.82, 2.24) is 9.55 Å². The molecule has 0 unspecified atom stereocenters. The molecule has 0 aliphatic rings. The number of halogens is 1. The lowest BCUT2D eigenvalue weighted by Crippen LogP contribution is -2.10. The Morgan fingerprint density at radius 3 is 2.80 bits per heavy atom. The van der Waals surface area contributed by atoms with Crippen molar-refractivity contribution in [2.45, 2.75) is 26.4 Å². The Labute approximate surface area is 97.4 Å². The van der Waals surface area contributed by atoms with Crippen LogP contribution in [0.2, 0.25) is 0 Å². The van der Waals surface area contributed by atoms with Gasteiger partial charge in [0, 0.05) is 10.5 Å². The summed E-state index contributed by atoms with van der Waals surface area (Å²) in [6, 6.07) is 6.51. The lowest BCUT2D eigenvalue weighted by atomic mass is 10.3. The molecule has 4 heteroatoms. The third-order valence-corrected chi connectivity index (χ3v) is 2.92. The van der Waals surface area contributed by atoms with Crippen molar-refractivity contribution < 1.29 is 0 Å². The third-order valence-electron chi connectivity index (χ3n) is 2.42. The number of aromatic nitrogens is 2. The van der Waals surface area contributed by atoms with Crippen LogP contribution < -0.4 is 5.73 Å². The second kappa shape index (κ2) is 3.94. The average molecular weight is 268 g/mol. The van der Waals surface area contributed by atoms with Gasteiger partial charge in [-0.2, -0.15) is 0 Å². The van der Waals surface area contributed by atoms with Crippen LogP contribution in [0.5, 0.6) is 0 Å². The molecular formula is C11H14BrN3. The summed E-state index contributed by atoms with van der Waals surface area (Å²) in [5.74, 6) is 0.943. The maximum absolute atomic E-state index is 5.70. The molecule has 0 aliphatic heterocycles. The number of nitrogens with two attached hydrogens (primary N) is 1. The van der Waals surface area contributed by atoms with Gasteiger partial charge in [-0.25, -0.2) is 4.98 Å². The van der Waals surface area contributed by atoms with Gasteiger partial charge in [0.1, 0.15) is 5.82 Å². The van der Waals surface area contributed by atoms with Crippen LogP contribution >= 0.6 is 15.9 Å². The highest BCUT2D eigenvalue weighted by Crippen LogP contribution is 2.23. The Hall–Kier alpha value is -0.870. The van der Waals surface area contributed by atoms with Gasteiger partial charge in [-0.15, -0.1) is 0 Å². The minimum Gasteiger partial charge on any atom is -0.324 e. The molecule has 0 fully saturated rings. The van der Waals surface area contributed by atoms with Crippen molar-refractivity contribution in [3.63, 3.8) is 0 Å². The van der Waals surface area contributed by atoms with E-state index in [1.165, 1.54) is 0 Å². The van der Waals surface area contributed by atoms with Crippen molar-refractivity contribution in [3.05, 3.63) is 28.5 Å². The van der Waals surface area contributed by atoms with Gasteiger partial charge in [-0.3, -0.25) is 0 Å². The molecule has 3 nitrogen and oxygen atoms in total. The summed E-state index contributed by atoms with van der Waals surface area (Å²) in [7, 11) is 0. The molecule has 0 atom stereocenters. The van der Waals surface area contributed by atoms with Crippen LogP contribution in [0.4, 0.5) is 0 Å². The van der Waals surface area contributed by atoms with Crippen molar-refractivity contribution in [2.75, 3.05) is 0 Å². The minimum atomic E-state index is 0.384. The summed E-state index contributed by atoms with van der Waals surface area (Å²) in [5, 5.41) is 0. The first-order valence-electron chi connectivity index (χ1n) is 5.00. The maximum atomic E-state index is 5.70. The smallest absolute Gasteiger partial charge is 0.123 e. The molecule has 15 heavy (non-hydrogen) atoms. The fourth-order valence-corrected chi connectivity index (χ4v) is 2.19. The van der Waals surface area contributed by atoms with Gasteiger partial charge in [0.15, 0.2) is 0 Å². The zero-order chi connectivity index (χ0) is 11.0. The van der Waals surface area contributed by atoms with Gasteiger partial charge in [-0.1, -0.05) is 15.9 Å². The predicted octanol–water partition coefficient (Wildman–Crippen LogP) is 2.84. The van der Waals surface area contributed by atoms with Gasteiger partial charge >= 0.3 is 0 Å². The van der Waals surface area contributed by atoms with Crippen LogP contribution in [-0.4, -0.2) is 9.55 Å². The van der Waals surface area contributed by atoms with Gasteiger partial charge in [0.05, 0.1) is 17.6 Å². The van der Waals surface area contributed by atoms with Crippen molar-refractivity contribution in [2.24, 2.45) is 5.73 Å². The molecular weight excluding hydrogens is 254 g/mol. The number of hydrogen-bond donors (Lipinski definition) is 1. The minimum absolute atomic E-state index is 0.384. The van der Waals surface area contributed by atoms with Crippen LogP contribution in [-0.2, 0) is 6.54 Å². The maximum Gasteiger partial charge on any atom is 0.123 e. The first-order valence-corrected chi connectivity index (χ1v) is 5.79. The van der Waals surface area contributed by atoms with E-state index in [9.17, 15) is 0 Å². The summed E-state index contributed by atoms with van der Waals surface area (Å²) >= 11 is 3.44. The van der Waals surface area contributed by atoms with Gasteiger partial charge in [-0.05, 0) is 32.0 Å². The number of imidazole rings is 1. The molecule has 0 bridgehead atoms. The molecule has 2 rings (SSSR count). The van der Waals surface area contributed by atoms with Crippen LogP contribution in [0.25, 0.3) is 11.0 Å². The standard InChI is InChI=1S/C11H14BrN3/c1-7(2)15-10-4-3-8(12)5-9(10)14-11(15)6-13/h3-5,7H,6,13H2,1-2H3. The van der Waals surface area contributed by atoms with E-state index >= 15 is 0 Å². The molecule has 0 radical (unpaired) electrons. The van der Waals surface area contributed by atoms with Gasteiger partial charge < -0.3 is 10.3 Å². The Morgan fingerprint density at radius 1 is 1.47 bits per heavy atom. The van der Waals surface area contributed by atoms with Crippen molar-refractivity contribution >= 4 is 27.0 Å². The number of hydrogen-bond acceptors (Lipinski definition) is 2. The number of rotatable bonds is 2. The molecule has 2 aromatic rings. The van der Waals surface area contributed by atoms with Crippen LogP contribution in [0.15, 0.2) is 22.7 Å². The highest BCUT2D eigenvalue weighted by molar-refractivity contribution is 9.10. The SMILES string of the molecule is CC(C)n1c(CN)nc2cc(Br)ccc21. The first-order chi connectivity index (χ1) is 7.13. The lowest BCUT2D eigenvalue weighted by molar-refractivity contribution is 0.585. The predicted molar refractivity (Wildman–Crippen MR) is 65.7 cm³/mol. The molecule has 0 saturated carbocycles. The number of nitrogens with zero attached hydrogens (tertiary/aromatic N) is 2. The van der Waals surface area contributed by atoms with E-state index < -0.39 is 0 Å². The fraction of sp³-hybridized carbons (Fsp3) is 0.364. The van der Waals surface area contributed by atoms with E-state index in [0.29, 0.717) is 12.6 Å². The van der Waals surface area contributed by atoms with Crippen LogP contribution in [0, 0.1) is 0 Å². The van der Waals surface area contributed by atoms with Crippen LogP contribution in [0.1, 0.15) is 25.7 Å². The largest absolute Gasteiger partial charge is 0.324 e. The lowest BCUT2D eigenvalue weighted by Gasteiger charge is -2.11. The van der Waals surface area contributed by atoms with Crippen molar-refractivity contribution in [1.29, 1.82) is 0 Å². The van der Waals surface area contributed by atoms with Gasteiger partial charge in [0.25, 0.3) is 0 Å². The van der Waals surface area contributed by atoms with E-state index in [1.807, 2.05) is 12.1 Å². The van der Waals surface area contributed by atoms with Gasteiger partial charge in [0.2, 0.25) is 0 Å². The fourth-order valence-electron chi connectivity index (χ4n) is 1.84. The van der Waals surface area contributed by atoms with E-state index in [0.717, 1.165) is 21.3 Å². The van der Waals surface area contributed by atoms with E-state index in [1.54, 1.807) is 0 Å². The Morgan fingerprint density at radius 2 is 2.20 bits per heavy atom. The monoisotopic (exact) mass is 267 g/mol. The molecule has 1 aromatic heterocycles. The molecule has 0 aliphatic carbocycles. The molecule has 1 aromatic carbocycles. The average Bonchev–Trinajstić information content (AvgIpc) is 2.54. The Kier molecular flexibility index (Phi) is 2.80. The number of benzene rings is 1. The molecule has 1 heterocycles. The van der Waals surface area contributed by atoms with Crippen molar-refractivity contribution in [3.8, 4) is 0 Å². The molecule has 0 spiro atoms. The Bertz CT molecular complexity index is 488.